The molecule has 0 N–H and O–H groups in total. The Bertz CT molecular complexity index is 275. The molecule has 11 heavy (non-hydrogen) atoms. The van der Waals surface area contributed by atoms with Crippen molar-refractivity contribution in [1.29, 1.82) is 5.26 Å². The summed E-state index contributed by atoms with van der Waals surface area (Å²) in [4.78, 5) is -0.236. The van der Waals surface area contributed by atoms with Gasteiger partial charge in [0.2, 0.25) is 0 Å². The van der Waals surface area contributed by atoms with Gasteiger partial charge in [0.1, 0.15) is 4.83 Å². The minimum Gasteiger partial charge on any atom is -0.197 e. The van der Waals surface area contributed by atoms with Gasteiger partial charge in [0.25, 0.3) is 0 Å². The first-order valence-corrected chi connectivity index (χ1v) is 4.32. The minimum atomic E-state index is -0.236. The van der Waals surface area contributed by atoms with Crippen LogP contribution < -0.4 is 0 Å². The SMILES string of the molecule is N#C[C@H](Br)c1ccc(Cl)cc1. The van der Waals surface area contributed by atoms with E-state index in [-0.39, 0.29) is 4.83 Å². The summed E-state index contributed by atoms with van der Waals surface area (Å²) in [5.41, 5.74) is 0.928. The fraction of sp³-hybridized carbons (Fsp3) is 0.125. The third-order valence-corrected chi connectivity index (χ3v) is 2.26. The molecule has 0 aliphatic carbocycles. The van der Waals surface area contributed by atoms with E-state index in [1.54, 1.807) is 12.1 Å². The molecule has 0 heterocycles. The first-order chi connectivity index (χ1) is 5.24. The second-order valence-electron chi connectivity index (χ2n) is 2.04. The van der Waals surface area contributed by atoms with Crippen molar-refractivity contribution in [2.75, 3.05) is 0 Å². The molecular weight excluding hydrogens is 225 g/mol. The number of nitriles is 1. The van der Waals surface area contributed by atoms with Gasteiger partial charge < -0.3 is 0 Å². The third-order valence-electron chi connectivity index (χ3n) is 1.28. The summed E-state index contributed by atoms with van der Waals surface area (Å²) in [5, 5.41) is 9.21. The summed E-state index contributed by atoms with van der Waals surface area (Å²) in [7, 11) is 0. The molecule has 1 aromatic carbocycles. The predicted molar refractivity (Wildman–Crippen MR) is 48.7 cm³/mol. The van der Waals surface area contributed by atoms with Gasteiger partial charge in [0.05, 0.1) is 6.07 Å². The highest BCUT2D eigenvalue weighted by Gasteiger charge is 2.03. The maximum absolute atomic E-state index is 8.53. The lowest BCUT2D eigenvalue weighted by Crippen LogP contribution is -1.83. The summed E-state index contributed by atoms with van der Waals surface area (Å²) in [6, 6.07) is 9.26. The molecule has 3 heteroatoms. The minimum absolute atomic E-state index is 0.236. The Kier molecular flexibility index (Phi) is 2.92. The van der Waals surface area contributed by atoms with Gasteiger partial charge in [-0.2, -0.15) is 5.26 Å². The second-order valence-corrected chi connectivity index (χ2v) is 3.40. The van der Waals surface area contributed by atoms with Crippen LogP contribution in [-0.2, 0) is 0 Å². The van der Waals surface area contributed by atoms with Gasteiger partial charge in [-0.1, -0.05) is 39.7 Å². The maximum Gasteiger partial charge on any atom is 0.126 e. The molecule has 0 spiro atoms. The molecule has 0 aliphatic heterocycles. The topological polar surface area (TPSA) is 23.8 Å². The van der Waals surface area contributed by atoms with Crippen LogP contribution >= 0.6 is 27.5 Å². The lowest BCUT2D eigenvalue weighted by molar-refractivity contribution is 1.25. The van der Waals surface area contributed by atoms with Crippen molar-refractivity contribution in [3.8, 4) is 6.07 Å². The van der Waals surface area contributed by atoms with E-state index in [4.69, 9.17) is 16.9 Å². The normalized spacial score (nSPS) is 12.1. The highest BCUT2D eigenvalue weighted by atomic mass is 79.9. The first kappa shape index (κ1) is 8.58. The lowest BCUT2D eigenvalue weighted by Gasteiger charge is -1.99. The molecule has 56 valence electrons. The van der Waals surface area contributed by atoms with Gasteiger partial charge >= 0.3 is 0 Å². The predicted octanol–water partition coefficient (Wildman–Crippen LogP) is 3.30. The van der Waals surface area contributed by atoms with Crippen LogP contribution in [0.4, 0.5) is 0 Å². The standard InChI is InChI=1S/C8H5BrClN/c9-8(5-11)6-1-3-7(10)4-2-6/h1-4,8H/t8-/m0/s1. The molecule has 0 bridgehead atoms. The van der Waals surface area contributed by atoms with E-state index in [0.29, 0.717) is 5.02 Å². The third kappa shape index (κ3) is 2.21. The highest BCUT2D eigenvalue weighted by Crippen LogP contribution is 2.22. The Balaban J connectivity index is 2.92. The zero-order valence-electron chi connectivity index (χ0n) is 5.59. The van der Waals surface area contributed by atoms with Crippen molar-refractivity contribution in [1.82, 2.24) is 0 Å². The Morgan fingerprint density at radius 2 is 1.91 bits per heavy atom. The smallest absolute Gasteiger partial charge is 0.126 e. The molecule has 0 aliphatic rings. The van der Waals surface area contributed by atoms with Crippen LogP contribution in [-0.4, -0.2) is 0 Å². The van der Waals surface area contributed by atoms with E-state index in [1.807, 2.05) is 12.1 Å². The van der Waals surface area contributed by atoms with Crippen LogP contribution in [0.1, 0.15) is 10.4 Å². The molecule has 0 saturated heterocycles. The van der Waals surface area contributed by atoms with Crippen LogP contribution in [0.5, 0.6) is 0 Å². The quantitative estimate of drug-likeness (QED) is 0.679. The van der Waals surface area contributed by atoms with Crippen molar-refractivity contribution in [2.45, 2.75) is 4.83 Å². The fourth-order valence-electron chi connectivity index (χ4n) is 0.706. The largest absolute Gasteiger partial charge is 0.197 e. The van der Waals surface area contributed by atoms with Crippen LogP contribution in [0.25, 0.3) is 0 Å². The molecule has 0 unspecified atom stereocenters. The number of hydrogen-bond acceptors (Lipinski definition) is 1. The molecule has 1 aromatic rings. The average molecular weight is 230 g/mol. The number of nitrogens with zero attached hydrogens (tertiary/aromatic N) is 1. The molecule has 0 saturated carbocycles. The van der Waals surface area contributed by atoms with E-state index in [1.165, 1.54) is 0 Å². The van der Waals surface area contributed by atoms with Crippen molar-refractivity contribution in [3.05, 3.63) is 34.9 Å². The number of rotatable bonds is 1. The average Bonchev–Trinajstić information content (AvgIpc) is 2.05. The Morgan fingerprint density at radius 3 is 2.36 bits per heavy atom. The van der Waals surface area contributed by atoms with E-state index >= 15 is 0 Å². The highest BCUT2D eigenvalue weighted by molar-refractivity contribution is 9.09. The second kappa shape index (κ2) is 3.75. The van der Waals surface area contributed by atoms with Gasteiger partial charge in [-0.15, -0.1) is 0 Å². The first-order valence-electron chi connectivity index (χ1n) is 3.03. The van der Waals surface area contributed by atoms with E-state index in [9.17, 15) is 0 Å². The fourth-order valence-corrected chi connectivity index (χ4v) is 1.14. The molecular formula is C8H5BrClN. The Hall–Kier alpha value is -0.520. The van der Waals surface area contributed by atoms with Crippen molar-refractivity contribution < 1.29 is 0 Å². The Labute approximate surface area is 78.7 Å². The van der Waals surface area contributed by atoms with Gasteiger partial charge in [-0.3, -0.25) is 0 Å². The van der Waals surface area contributed by atoms with Crippen molar-refractivity contribution in [2.24, 2.45) is 0 Å². The maximum atomic E-state index is 8.53. The number of benzene rings is 1. The zero-order chi connectivity index (χ0) is 8.27. The lowest BCUT2D eigenvalue weighted by atomic mass is 10.2. The summed E-state index contributed by atoms with van der Waals surface area (Å²) in [6.07, 6.45) is 0. The summed E-state index contributed by atoms with van der Waals surface area (Å²) >= 11 is 8.87. The van der Waals surface area contributed by atoms with Gasteiger partial charge in [-0.05, 0) is 17.7 Å². The molecule has 0 radical (unpaired) electrons. The molecule has 1 atom stereocenters. The van der Waals surface area contributed by atoms with E-state index in [2.05, 4.69) is 22.0 Å². The number of halogens is 2. The Morgan fingerprint density at radius 1 is 1.36 bits per heavy atom. The van der Waals surface area contributed by atoms with Gasteiger partial charge in [-0.25, -0.2) is 0 Å². The van der Waals surface area contributed by atoms with Crippen LogP contribution in [0, 0.1) is 11.3 Å². The molecule has 1 rings (SSSR count). The van der Waals surface area contributed by atoms with Crippen LogP contribution in [0.3, 0.4) is 0 Å². The zero-order valence-corrected chi connectivity index (χ0v) is 7.93. The van der Waals surface area contributed by atoms with Gasteiger partial charge in [0, 0.05) is 5.02 Å². The van der Waals surface area contributed by atoms with Crippen molar-refractivity contribution in [3.63, 3.8) is 0 Å². The molecule has 0 fully saturated rings. The van der Waals surface area contributed by atoms with E-state index in [0.717, 1.165) is 5.56 Å². The molecule has 0 aromatic heterocycles. The van der Waals surface area contributed by atoms with Crippen LogP contribution in [0.2, 0.25) is 5.02 Å². The van der Waals surface area contributed by atoms with E-state index < -0.39 is 0 Å². The summed E-state index contributed by atoms with van der Waals surface area (Å²) in [6.45, 7) is 0. The number of hydrogen-bond donors (Lipinski definition) is 0. The summed E-state index contributed by atoms with van der Waals surface area (Å²) < 4.78 is 0. The monoisotopic (exact) mass is 229 g/mol. The van der Waals surface area contributed by atoms with Crippen LogP contribution in [0.15, 0.2) is 24.3 Å². The van der Waals surface area contributed by atoms with Crippen molar-refractivity contribution >= 4 is 27.5 Å². The summed E-state index contributed by atoms with van der Waals surface area (Å²) in [5.74, 6) is 0. The van der Waals surface area contributed by atoms with Gasteiger partial charge in [0.15, 0.2) is 0 Å². The number of alkyl halides is 1. The molecule has 1 nitrogen and oxygen atoms in total. The molecule has 0 amide bonds.